The van der Waals surface area contributed by atoms with Gasteiger partial charge in [0.2, 0.25) is 0 Å². The van der Waals surface area contributed by atoms with Crippen molar-refractivity contribution in [2.75, 3.05) is 20.3 Å². The van der Waals surface area contributed by atoms with Gasteiger partial charge < -0.3 is 9.47 Å². The molecule has 1 N–H and O–H groups in total. The molecule has 0 bridgehead atoms. The molecule has 0 aliphatic rings. The van der Waals surface area contributed by atoms with Crippen molar-refractivity contribution in [1.82, 2.24) is 4.98 Å². The van der Waals surface area contributed by atoms with Crippen molar-refractivity contribution in [2.24, 2.45) is 0 Å². The van der Waals surface area contributed by atoms with Crippen molar-refractivity contribution < 1.29 is 14.0 Å². The molecule has 0 aliphatic carbocycles. The van der Waals surface area contributed by atoms with E-state index >= 15 is 0 Å². The van der Waals surface area contributed by atoms with E-state index in [1.54, 1.807) is 7.11 Å². The maximum Gasteiger partial charge on any atom is 0.258 e. The fourth-order valence-electron chi connectivity index (χ4n) is 1.12. The summed E-state index contributed by atoms with van der Waals surface area (Å²) in [6.07, 6.45) is 4.77. The Morgan fingerprint density at radius 3 is 3.08 bits per heavy atom. The van der Waals surface area contributed by atoms with E-state index in [-0.39, 0.29) is 0 Å². The van der Waals surface area contributed by atoms with Crippen LogP contribution in [-0.2, 0) is 22.6 Å². The number of aromatic nitrogens is 2. The number of hydrogen-bond acceptors (Lipinski definition) is 2. The summed E-state index contributed by atoms with van der Waals surface area (Å²) in [5.74, 6) is 1.13. The van der Waals surface area contributed by atoms with Crippen LogP contribution in [0.15, 0.2) is 12.4 Å². The molecule has 0 fully saturated rings. The van der Waals surface area contributed by atoms with Gasteiger partial charge >= 0.3 is 0 Å². The third-order valence-electron chi connectivity index (χ3n) is 1.83. The second-order valence-corrected chi connectivity index (χ2v) is 2.74. The molecule has 1 heterocycles. The van der Waals surface area contributed by atoms with Gasteiger partial charge in [0.25, 0.3) is 5.82 Å². The molecule has 1 rings (SSSR count). The molecule has 0 atom stereocenters. The molecule has 1 aromatic heterocycles. The maximum atomic E-state index is 5.30. The van der Waals surface area contributed by atoms with E-state index < -0.39 is 0 Å². The number of aromatic amines is 1. The smallest absolute Gasteiger partial charge is 0.258 e. The van der Waals surface area contributed by atoms with Crippen LogP contribution in [0.5, 0.6) is 0 Å². The molecular formula is C9H17N2O2+. The minimum Gasteiger partial charge on any atom is -0.384 e. The Kier molecular flexibility index (Phi) is 4.49. The highest BCUT2D eigenvalue weighted by molar-refractivity contribution is 4.76. The summed E-state index contributed by atoms with van der Waals surface area (Å²) in [5, 5.41) is 0. The third-order valence-corrected chi connectivity index (χ3v) is 1.83. The molecule has 4 heteroatoms. The van der Waals surface area contributed by atoms with Gasteiger partial charge in [0.15, 0.2) is 6.73 Å². The summed E-state index contributed by atoms with van der Waals surface area (Å²) in [7, 11) is 1.70. The molecule has 74 valence electrons. The SMILES string of the molecule is CCOC[n+]1cc[nH]c1CCOC. The molecule has 4 nitrogen and oxygen atoms in total. The van der Waals surface area contributed by atoms with Gasteiger partial charge in [0.1, 0.15) is 12.4 Å². The lowest BCUT2D eigenvalue weighted by Gasteiger charge is -2.00. The van der Waals surface area contributed by atoms with E-state index in [0.29, 0.717) is 6.73 Å². The molecule has 0 aromatic carbocycles. The standard InChI is InChI=1S/C9H16N2O2/c1-3-13-8-11-6-5-10-9(11)4-7-12-2/h5-6H,3-4,7-8H2,1-2H3/p+1. The van der Waals surface area contributed by atoms with Crippen LogP contribution in [0.3, 0.4) is 0 Å². The van der Waals surface area contributed by atoms with Crippen molar-refractivity contribution in [3.63, 3.8) is 0 Å². The largest absolute Gasteiger partial charge is 0.384 e. The predicted molar refractivity (Wildman–Crippen MR) is 48.2 cm³/mol. The highest BCUT2D eigenvalue weighted by Gasteiger charge is 2.08. The minimum absolute atomic E-state index is 0.610. The number of nitrogens with one attached hydrogen (secondary N) is 1. The molecule has 0 spiro atoms. The van der Waals surface area contributed by atoms with Crippen molar-refractivity contribution in [2.45, 2.75) is 20.1 Å². The Hall–Kier alpha value is -0.870. The molecule has 0 saturated heterocycles. The third kappa shape index (κ3) is 3.16. The molecule has 0 saturated carbocycles. The van der Waals surface area contributed by atoms with E-state index in [1.165, 1.54) is 0 Å². The summed E-state index contributed by atoms with van der Waals surface area (Å²) in [4.78, 5) is 3.15. The summed E-state index contributed by atoms with van der Waals surface area (Å²) in [6, 6.07) is 0. The lowest BCUT2D eigenvalue weighted by atomic mass is 10.4. The Bertz CT molecular complexity index is 213. The Morgan fingerprint density at radius 2 is 2.38 bits per heavy atom. The first-order chi connectivity index (χ1) is 6.38. The van der Waals surface area contributed by atoms with Gasteiger partial charge in [-0.2, -0.15) is 0 Å². The summed E-state index contributed by atoms with van der Waals surface area (Å²) >= 11 is 0. The molecule has 1 aromatic rings. The van der Waals surface area contributed by atoms with Gasteiger partial charge in [-0.05, 0) is 6.92 Å². The zero-order chi connectivity index (χ0) is 9.52. The molecule has 0 unspecified atom stereocenters. The number of nitrogens with zero attached hydrogens (tertiary/aromatic N) is 1. The zero-order valence-corrected chi connectivity index (χ0v) is 8.25. The number of H-pyrrole nitrogens is 1. The van der Waals surface area contributed by atoms with Crippen LogP contribution >= 0.6 is 0 Å². The van der Waals surface area contributed by atoms with E-state index in [9.17, 15) is 0 Å². The molecular weight excluding hydrogens is 168 g/mol. The normalized spacial score (nSPS) is 10.6. The average Bonchev–Trinajstić information content (AvgIpc) is 2.59. The number of hydrogen-bond donors (Lipinski definition) is 1. The van der Waals surface area contributed by atoms with Gasteiger partial charge in [-0.25, -0.2) is 9.55 Å². The first-order valence-electron chi connectivity index (χ1n) is 4.50. The molecule has 13 heavy (non-hydrogen) atoms. The van der Waals surface area contributed by atoms with E-state index in [0.717, 1.165) is 25.5 Å². The Morgan fingerprint density at radius 1 is 1.54 bits per heavy atom. The fraction of sp³-hybridized carbons (Fsp3) is 0.667. The van der Waals surface area contributed by atoms with Crippen molar-refractivity contribution >= 4 is 0 Å². The minimum atomic E-state index is 0.610. The number of ether oxygens (including phenoxy) is 2. The topological polar surface area (TPSA) is 38.1 Å². The first-order valence-corrected chi connectivity index (χ1v) is 4.50. The fourth-order valence-corrected chi connectivity index (χ4v) is 1.12. The van der Waals surface area contributed by atoms with Crippen LogP contribution in [0, 0.1) is 0 Å². The summed E-state index contributed by atoms with van der Waals surface area (Å²) in [6.45, 7) is 4.07. The van der Waals surface area contributed by atoms with Crippen LogP contribution in [0.2, 0.25) is 0 Å². The van der Waals surface area contributed by atoms with Crippen LogP contribution in [0.4, 0.5) is 0 Å². The number of rotatable bonds is 6. The summed E-state index contributed by atoms with van der Waals surface area (Å²) in [5.41, 5.74) is 0. The van der Waals surface area contributed by atoms with Crippen LogP contribution < -0.4 is 4.57 Å². The lowest BCUT2D eigenvalue weighted by molar-refractivity contribution is -0.737. The van der Waals surface area contributed by atoms with Gasteiger partial charge in [0.05, 0.1) is 13.0 Å². The van der Waals surface area contributed by atoms with Gasteiger partial charge in [0, 0.05) is 13.7 Å². The first kappa shape index (κ1) is 10.2. The Labute approximate surface area is 78.5 Å². The van der Waals surface area contributed by atoms with E-state index in [4.69, 9.17) is 9.47 Å². The number of methoxy groups -OCH3 is 1. The predicted octanol–water partition coefficient (Wildman–Crippen LogP) is 0.485. The van der Waals surface area contributed by atoms with Crippen molar-refractivity contribution in [1.29, 1.82) is 0 Å². The number of imidazole rings is 1. The van der Waals surface area contributed by atoms with Crippen LogP contribution in [0.25, 0.3) is 0 Å². The molecule has 0 aliphatic heterocycles. The Balaban J connectivity index is 2.45. The zero-order valence-electron chi connectivity index (χ0n) is 8.25. The van der Waals surface area contributed by atoms with Crippen molar-refractivity contribution in [3.8, 4) is 0 Å². The van der Waals surface area contributed by atoms with E-state index in [1.807, 2.05) is 23.9 Å². The molecule has 0 amide bonds. The second kappa shape index (κ2) is 5.72. The van der Waals surface area contributed by atoms with Crippen LogP contribution in [-0.4, -0.2) is 25.3 Å². The average molecular weight is 185 g/mol. The second-order valence-electron chi connectivity index (χ2n) is 2.74. The van der Waals surface area contributed by atoms with Crippen molar-refractivity contribution in [3.05, 3.63) is 18.2 Å². The van der Waals surface area contributed by atoms with Gasteiger partial charge in [-0.3, -0.25) is 0 Å². The highest BCUT2D eigenvalue weighted by Crippen LogP contribution is 1.89. The quantitative estimate of drug-likeness (QED) is 0.655. The maximum absolute atomic E-state index is 5.30. The molecule has 0 radical (unpaired) electrons. The van der Waals surface area contributed by atoms with Gasteiger partial charge in [-0.15, -0.1) is 0 Å². The monoisotopic (exact) mass is 185 g/mol. The summed E-state index contributed by atoms with van der Waals surface area (Å²) < 4.78 is 12.3. The van der Waals surface area contributed by atoms with E-state index in [2.05, 4.69) is 4.98 Å². The highest BCUT2D eigenvalue weighted by atomic mass is 16.5. The van der Waals surface area contributed by atoms with Crippen LogP contribution in [0.1, 0.15) is 12.7 Å². The lowest BCUT2D eigenvalue weighted by Crippen LogP contribution is -2.37. The van der Waals surface area contributed by atoms with Gasteiger partial charge in [-0.1, -0.05) is 0 Å².